The molecule has 4 rings (SSSR count). The van der Waals surface area contributed by atoms with Crippen LogP contribution in [0.15, 0.2) is 24.3 Å². The minimum absolute atomic E-state index is 0.204. The van der Waals surface area contributed by atoms with Gasteiger partial charge in [-0.1, -0.05) is 43.9 Å². The van der Waals surface area contributed by atoms with Gasteiger partial charge in [0, 0.05) is 17.1 Å². The second-order valence-electron chi connectivity index (χ2n) is 7.97. The van der Waals surface area contributed by atoms with E-state index in [1.807, 2.05) is 24.3 Å². The number of benzene rings is 1. The van der Waals surface area contributed by atoms with E-state index in [1.54, 1.807) is 0 Å². The minimum atomic E-state index is -0.407. The molecule has 0 radical (unpaired) electrons. The quantitative estimate of drug-likeness (QED) is 0.640. The van der Waals surface area contributed by atoms with Gasteiger partial charge in [-0.05, 0) is 50.2 Å². The van der Waals surface area contributed by atoms with Gasteiger partial charge in [-0.25, -0.2) is 4.79 Å². The smallest absolute Gasteiger partial charge is 0.339 e. The molecule has 0 saturated heterocycles. The molecular weight excluding hydrogens is 352 g/mol. The van der Waals surface area contributed by atoms with Crippen LogP contribution < -0.4 is 5.32 Å². The molecule has 1 aromatic heterocycles. The third-order valence-electron chi connectivity index (χ3n) is 5.93. The summed E-state index contributed by atoms with van der Waals surface area (Å²) in [5.74, 6) is -0.611. The Morgan fingerprint density at radius 2 is 1.75 bits per heavy atom. The van der Waals surface area contributed by atoms with Crippen LogP contribution in [0.1, 0.15) is 73.0 Å². The van der Waals surface area contributed by atoms with E-state index in [9.17, 15) is 9.59 Å². The monoisotopic (exact) mass is 380 g/mol. The Morgan fingerprint density at radius 1 is 1.00 bits per heavy atom. The number of ether oxygens (including phenoxy) is 1. The molecule has 1 saturated carbocycles. The molecular formula is C23H28N2O3. The van der Waals surface area contributed by atoms with Gasteiger partial charge in [0.15, 0.2) is 6.61 Å². The Morgan fingerprint density at radius 3 is 2.61 bits per heavy atom. The number of hydrogen-bond acceptors (Lipinski definition) is 4. The van der Waals surface area contributed by atoms with E-state index < -0.39 is 5.97 Å². The Kier molecular flexibility index (Phi) is 5.89. The number of pyridine rings is 1. The number of rotatable bonds is 4. The lowest BCUT2D eigenvalue weighted by molar-refractivity contribution is -0.125. The molecule has 1 heterocycles. The van der Waals surface area contributed by atoms with Gasteiger partial charge in [0.1, 0.15) is 0 Å². The Hall–Kier alpha value is -2.43. The number of hydrogen-bond donors (Lipinski definition) is 1. The summed E-state index contributed by atoms with van der Waals surface area (Å²) in [5.41, 5.74) is 3.44. The Balaban J connectivity index is 1.53. The van der Waals surface area contributed by atoms with E-state index in [-0.39, 0.29) is 18.6 Å². The third kappa shape index (κ3) is 4.18. The van der Waals surface area contributed by atoms with Crippen LogP contribution in [-0.2, 0) is 22.4 Å². The van der Waals surface area contributed by atoms with E-state index in [0.717, 1.165) is 79.9 Å². The molecule has 0 spiro atoms. The predicted octanol–water partition coefficient (Wildman–Crippen LogP) is 4.11. The highest BCUT2D eigenvalue weighted by atomic mass is 16.5. The van der Waals surface area contributed by atoms with E-state index >= 15 is 0 Å². The maximum absolute atomic E-state index is 13.0. The first-order valence-electron chi connectivity index (χ1n) is 10.6. The van der Waals surface area contributed by atoms with Crippen LogP contribution in [0.4, 0.5) is 0 Å². The number of aromatic nitrogens is 1. The van der Waals surface area contributed by atoms with Crippen molar-refractivity contribution in [3.63, 3.8) is 0 Å². The fraction of sp³-hybridized carbons (Fsp3) is 0.522. The molecule has 28 heavy (non-hydrogen) atoms. The van der Waals surface area contributed by atoms with E-state index in [1.165, 1.54) is 6.42 Å². The number of carbonyl (C=O) groups is 2. The number of para-hydroxylation sites is 1. The van der Waals surface area contributed by atoms with Gasteiger partial charge >= 0.3 is 5.97 Å². The summed E-state index contributed by atoms with van der Waals surface area (Å²) in [4.78, 5) is 30.1. The number of amides is 1. The summed E-state index contributed by atoms with van der Waals surface area (Å²) in [7, 11) is 0. The van der Waals surface area contributed by atoms with Crippen molar-refractivity contribution in [1.29, 1.82) is 0 Å². The van der Waals surface area contributed by atoms with Gasteiger partial charge in [0.25, 0.3) is 5.91 Å². The van der Waals surface area contributed by atoms with Gasteiger partial charge in [-0.2, -0.15) is 0 Å². The highest BCUT2D eigenvalue weighted by Gasteiger charge is 2.24. The number of carbonyl (C=O) groups excluding carboxylic acids is 2. The van der Waals surface area contributed by atoms with Gasteiger partial charge in [0.05, 0.1) is 11.1 Å². The molecule has 0 atom stereocenters. The first kappa shape index (κ1) is 18.9. The standard InChI is InChI=1S/C23H28N2O3/c26-21(24-16-9-3-1-4-10-16)15-28-23(27)22-17-11-5-2-6-13-19(17)25-20-14-8-7-12-18(20)22/h7-8,12,14,16H,1-6,9-11,13,15H2,(H,24,26). The van der Waals surface area contributed by atoms with Crippen molar-refractivity contribution in [3.8, 4) is 0 Å². The second kappa shape index (κ2) is 8.72. The molecule has 0 unspecified atom stereocenters. The molecule has 0 aliphatic heterocycles. The molecule has 2 aliphatic rings. The second-order valence-corrected chi connectivity index (χ2v) is 7.97. The average Bonchev–Trinajstić information content (AvgIpc) is 2.96. The SMILES string of the molecule is O=C(COC(=O)c1c2c(nc3ccccc13)CCCCC2)NC1CCCCC1. The molecule has 1 aromatic carbocycles. The number of esters is 1. The zero-order chi connectivity index (χ0) is 19.3. The van der Waals surface area contributed by atoms with Crippen molar-refractivity contribution in [2.24, 2.45) is 0 Å². The van der Waals surface area contributed by atoms with Crippen LogP contribution >= 0.6 is 0 Å². The predicted molar refractivity (Wildman–Crippen MR) is 108 cm³/mol. The maximum Gasteiger partial charge on any atom is 0.339 e. The van der Waals surface area contributed by atoms with Gasteiger partial charge in [-0.3, -0.25) is 9.78 Å². The fourth-order valence-corrected chi connectivity index (χ4v) is 4.50. The lowest BCUT2D eigenvalue weighted by atomic mass is 9.95. The van der Waals surface area contributed by atoms with Crippen LogP contribution in [0, 0.1) is 0 Å². The first-order valence-corrected chi connectivity index (χ1v) is 10.6. The van der Waals surface area contributed by atoms with Crippen LogP contribution in [0.2, 0.25) is 0 Å². The Labute approximate surface area is 165 Å². The van der Waals surface area contributed by atoms with Crippen LogP contribution in [0.5, 0.6) is 0 Å². The van der Waals surface area contributed by atoms with Crippen molar-refractivity contribution in [2.75, 3.05) is 6.61 Å². The summed E-state index contributed by atoms with van der Waals surface area (Å²) in [6, 6.07) is 7.93. The summed E-state index contributed by atoms with van der Waals surface area (Å²) >= 11 is 0. The lowest BCUT2D eigenvalue weighted by Gasteiger charge is -2.22. The molecule has 1 amide bonds. The summed E-state index contributed by atoms with van der Waals surface area (Å²) in [5, 5.41) is 3.83. The summed E-state index contributed by atoms with van der Waals surface area (Å²) in [6.45, 7) is -0.221. The molecule has 1 N–H and O–H groups in total. The van der Waals surface area contributed by atoms with Crippen LogP contribution in [-0.4, -0.2) is 29.5 Å². The fourth-order valence-electron chi connectivity index (χ4n) is 4.50. The largest absolute Gasteiger partial charge is 0.452 e. The summed E-state index contributed by atoms with van der Waals surface area (Å²) < 4.78 is 5.47. The molecule has 5 nitrogen and oxygen atoms in total. The number of nitrogens with one attached hydrogen (secondary N) is 1. The van der Waals surface area contributed by atoms with Crippen molar-refractivity contribution < 1.29 is 14.3 Å². The van der Waals surface area contributed by atoms with Gasteiger partial charge in [-0.15, -0.1) is 0 Å². The maximum atomic E-state index is 13.0. The molecule has 0 bridgehead atoms. The van der Waals surface area contributed by atoms with E-state index in [0.29, 0.717) is 5.56 Å². The van der Waals surface area contributed by atoms with Crippen molar-refractivity contribution >= 4 is 22.8 Å². The first-order chi connectivity index (χ1) is 13.7. The van der Waals surface area contributed by atoms with E-state index in [4.69, 9.17) is 9.72 Å². The molecule has 2 aromatic rings. The van der Waals surface area contributed by atoms with Gasteiger partial charge in [0.2, 0.25) is 0 Å². The summed E-state index contributed by atoms with van der Waals surface area (Å²) in [6.07, 6.45) is 10.6. The average molecular weight is 380 g/mol. The van der Waals surface area contributed by atoms with Crippen LogP contribution in [0.25, 0.3) is 10.9 Å². The van der Waals surface area contributed by atoms with Crippen molar-refractivity contribution in [1.82, 2.24) is 10.3 Å². The highest BCUT2D eigenvalue weighted by molar-refractivity contribution is 6.05. The Bertz CT molecular complexity index is 872. The molecule has 148 valence electrons. The van der Waals surface area contributed by atoms with Crippen molar-refractivity contribution in [3.05, 3.63) is 41.1 Å². The topological polar surface area (TPSA) is 68.3 Å². The van der Waals surface area contributed by atoms with Crippen LogP contribution in [0.3, 0.4) is 0 Å². The van der Waals surface area contributed by atoms with Crippen molar-refractivity contribution in [2.45, 2.75) is 70.3 Å². The molecule has 1 fully saturated rings. The minimum Gasteiger partial charge on any atom is -0.452 e. The molecule has 5 heteroatoms. The zero-order valence-electron chi connectivity index (χ0n) is 16.3. The number of fused-ring (bicyclic) bond motifs is 2. The number of nitrogens with zero attached hydrogens (tertiary/aromatic N) is 1. The normalized spacial score (nSPS) is 17.6. The highest BCUT2D eigenvalue weighted by Crippen LogP contribution is 2.29. The van der Waals surface area contributed by atoms with Gasteiger partial charge < -0.3 is 10.1 Å². The van der Waals surface area contributed by atoms with E-state index in [2.05, 4.69) is 5.32 Å². The third-order valence-corrected chi connectivity index (χ3v) is 5.93. The lowest BCUT2D eigenvalue weighted by Crippen LogP contribution is -2.38. The molecule has 2 aliphatic carbocycles. The number of aryl methyl sites for hydroxylation is 1. The zero-order valence-corrected chi connectivity index (χ0v) is 16.3.